The fraction of sp³-hybridized carbons (Fsp3) is 0.364. The van der Waals surface area contributed by atoms with Gasteiger partial charge in [0.15, 0.2) is 0 Å². The lowest BCUT2D eigenvalue weighted by Crippen LogP contribution is -2.44. The zero-order valence-electron chi connectivity index (χ0n) is 15.4. The lowest BCUT2D eigenvalue weighted by Gasteiger charge is -2.36. The van der Waals surface area contributed by atoms with Gasteiger partial charge in [-0.05, 0) is 42.2 Å². The maximum atomic E-state index is 13.5. The third-order valence-corrected chi connectivity index (χ3v) is 6.13. The lowest BCUT2D eigenvalue weighted by atomic mass is 9.88. The number of nitrogens with one attached hydrogen (secondary N) is 1. The monoisotopic (exact) mass is 380 g/mol. The predicted octanol–water partition coefficient (Wildman–Crippen LogP) is 3.25. The van der Waals surface area contributed by atoms with Crippen LogP contribution in [0.3, 0.4) is 0 Å². The van der Waals surface area contributed by atoms with E-state index in [1.165, 1.54) is 17.7 Å². The molecule has 5 nitrogen and oxygen atoms in total. The number of hydrogen-bond donors (Lipinski definition) is 1. The van der Waals surface area contributed by atoms with Gasteiger partial charge in [0.1, 0.15) is 17.2 Å². The quantitative estimate of drug-likeness (QED) is 0.826. The number of aryl methyl sites for hydroxylation is 1. The Balaban J connectivity index is 1.37. The molecule has 1 spiro atoms. The minimum absolute atomic E-state index is 0.0814. The second-order valence-electron chi connectivity index (χ2n) is 7.94. The van der Waals surface area contributed by atoms with E-state index < -0.39 is 11.7 Å². The van der Waals surface area contributed by atoms with Gasteiger partial charge in [-0.3, -0.25) is 9.59 Å². The maximum Gasteiger partial charge on any atom is 0.230 e. The van der Waals surface area contributed by atoms with E-state index in [4.69, 9.17) is 4.74 Å². The normalized spacial score (nSPS) is 25.7. The molecule has 5 rings (SSSR count). The first-order chi connectivity index (χ1) is 13.5. The van der Waals surface area contributed by atoms with Gasteiger partial charge in [0.25, 0.3) is 0 Å². The first-order valence-corrected chi connectivity index (χ1v) is 9.68. The molecular weight excluding hydrogens is 359 g/mol. The van der Waals surface area contributed by atoms with Crippen LogP contribution in [0.1, 0.15) is 36.3 Å². The number of ether oxygens (including phenoxy) is 1. The van der Waals surface area contributed by atoms with Crippen molar-refractivity contribution in [1.29, 1.82) is 0 Å². The second-order valence-corrected chi connectivity index (χ2v) is 7.94. The van der Waals surface area contributed by atoms with Crippen LogP contribution in [0, 0.1) is 5.82 Å². The maximum absolute atomic E-state index is 13.5. The SMILES string of the molecule is O=C1CC(C(=O)N2CCC3(CCc4ccccc4O3)C2)c2ccc(F)cc2N1. The zero-order chi connectivity index (χ0) is 19.3. The highest BCUT2D eigenvalue weighted by Gasteiger charge is 2.46. The molecule has 2 aromatic rings. The van der Waals surface area contributed by atoms with Gasteiger partial charge in [-0.2, -0.15) is 0 Å². The van der Waals surface area contributed by atoms with Crippen molar-refractivity contribution in [2.24, 2.45) is 0 Å². The van der Waals surface area contributed by atoms with Crippen LogP contribution in [-0.4, -0.2) is 35.4 Å². The van der Waals surface area contributed by atoms with Crippen molar-refractivity contribution in [3.8, 4) is 5.75 Å². The summed E-state index contributed by atoms with van der Waals surface area (Å²) in [6.45, 7) is 1.13. The smallest absolute Gasteiger partial charge is 0.230 e. The predicted molar refractivity (Wildman–Crippen MR) is 102 cm³/mol. The third-order valence-electron chi connectivity index (χ3n) is 6.13. The molecule has 28 heavy (non-hydrogen) atoms. The number of anilines is 1. The number of carbonyl (C=O) groups is 2. The van der Waals surface area contributed by atoms with Crippen molar-refractivity contribution in [3.63, 3.8) is 0 Å². The Kier molecular flexibility index (Phi) is 3.89. The van der Waals surface area contributed by atoms with Crippen molar-refractivity contribution in [2.75, 3.05) is 18.4 Å². The number of amides is 2. The summed E-state index contributed by atoms with van der Waals surface area (Å²) in [5, 5.41) is 2.67. The molecule has 2 atom stereocenters. The largest absolute Gasteiger partial charge is 0.485 e. The van der Waals surface area contributed by atoms with Gasteiger partial charge in [0.05, 0.1) is 12.5 Å². The topological polar surface area (TPSA) is 58.6 Å². The van der Waals surface area contributed by atoms with E-state index in [-0.39, 0.29) is 23.8 Å². The van der Waals surface area contributed by atoms with Crippen molar-refractivity contribution >= 4 is 17.5 Å². The highest BCUT2D eigenvalue weighted by molar-refractivity contribution is 6.01. The first kappa shape index (κ1) is 17.2. The van der Waals surface area contributed by atoms with Gasteiger partial charge < -0.3 is 15.0 Å². The van der Waals surface area contributed by atoms with Crippen LogP contribution in [-0.2, 0) is 16.0 Å². The van der Waals surface area contributed by atoms with Crippen LogP contribution in [0.25, 0.3) is 0 Å². The summed E-state index contributed by atoms with van der Waals surface area (Å²) in [5.41, 5.74) is 1.93. The summed E-state index contributed by atoms with van der Waals surface area (Å²) in [6, 6.07) is 12.3. The Labute approximate surface area is 162 Å². The molecular formula is C22H21FN2O3. The van der Waals surface area contributed by atoms with Crippen LogP contribution < -0.4 is 10.1 Å². The highest BCUT2D eigenvalue weighted by atomic mass is 19.1. The number of hydrogen-bond acceptors (Lipinski definition) is 3. The van der Waals surface area contributed by atoms with E-state index in [0.717, 1.165) is 25.0 Å². The van der Waals surface area contributed by atoms with Crippen LogP contribution >= 0.6 is 0 Å². The van der Waals surface area contributed by atoms with Gasteiger partial charge in [-0.25, -0.2) is 4.39 Å². The molecule has 6 heteroatoms. The summed E-state index contributed by atoms with van der Waals surface area (Å²) in [4.78, 5) is 27.1. The molecule has 3 heterocycles. The van der Waals surface area contributed by atoms with E-state index in [9.17, 15) is 14.0 Å². The molecule has 2 aromatic carbocycles. The molecule has 0 aliphatic carbocycles. The minimum Gasteiger partial charge on any atom is -0.485 e. The van der Waals surface area contributed by atoms with E-state index in [1.54, 1.807) is 6.07 Å². The zero-order valence-corrected chi connectivity index (χ0v) is 15.4. The Morgan fingerprint density at radius 1 is 1.21 bits per heavy atom. The minimum atomic E-state index is -0.574. The van der Waals surface area contributed by atoms with Gasteiger partial charge in [0, 0.05) is 25.1 Å². The molecule has 0 bridgehead atoms. The second kappa shape index (κ2) is 6.33. The van der Waals surface area contributed by atoms with E-state index in [0.29, 0.717) is 24.3 Å². The molecule has 0 aromatic heterocycles. The average molecular weight is 380 g/mol. The average Bonchev–Trinajstić information content (AvgIpc) is 3.09. The Morgan fingerprint density at radius 2 is 2.07 bits per heavy atom. The molecule has 1 fully saturated rings. The van der Waals surface area contributed by atoms with Gasteiger partial charge in [-0.1, -0.05) is 24.3 Å². The van der Waals surface area contributed by atoms with Crippen LogP contribution in [0.2, 0.25) is 0 Å². The first-order valence-electron chi connectivity index (χ1n) is 9.68. The number of carbonyl (C=O) groups excluding carboxylic acids is 2. The van der Waals surface area contributed by atoms with E-state index in [2.05, 4.69) is 11.4 Å². The van der Waals surface area contributed by atoms with Crippen LogP contribution in [0.4, 0.5) is 10.1 Å². The highest BCUT2D eigenvalue weighted by Crippen LogP contribution is 2.41. The van der Waals surface area contributed by atoms with E-state index in [1.807, 2.05) is 23.1 Å². The summed E-state index contributed by atoms with van der Waals surface area (Å²) in [5.74, 6) is -0.437. The summed E-state index contributed by atoms with van der Waals surface area (Å²) in [6.07, 6.45) is 2.68. The summed E-state index contributed by atoms with van der Waals surface area (Å²) >= 11 is 0. The van der Waals surface area contributed by atoms with Crippen molar-refractivity contribution < 1.29 is 18.7 Å². The fourth-order valence-corrected chi connectivity index (χ4v) is 4.65. The van der Waals surface area contributed by atoms with Crippen LogP contribution in [0.15, 0.2) is 42.5 Å². The number of rotatable bonds is 1. The molecule has 1 N–H and O–H groups in total. The Bertz CT molecular complexity index is 976. The molecule has 144 valence electrons. The molecule has 1 saturated heterocycles. The van der Waals surface area contributed by atoms with Gasteiger partial charge >= 0.3 is 0 Å². The molecule has 0 saturated carbocycles. The van der Waals surface area contributed by atoms with Gasteiger partial charge in [-0.15, -0.1) is 0 Å². The summed E-state index contributed by atoms with van der Waals surface area (Å²) in [7, 11) is 0. The number of para-hydroxylation sites is 1. The standard InChI is InChI=1S/C22H21FN2O3/c23-15-5-6-16-17(12-20(26)24-18(16)11-15)21(27)25-10-9-22(13-25)8-7-14-3-1-2-4-19(14)28-22/h1-6,11,17H,7-10,12-13H2,(H,24,26). The molecule has 0 radical (unpaired) electrons. The van der Waals surface area contributed by atoms with Crippen molar-refractivity contribution in [2.45, 2.75) is 37.2 Å². The van der Waals surface area contributed by atoms with Crippen molar-refractivity contribution in [3.05, 3.63) is 59.4 Å². The number of fused-ring (bicyclic) bond motifs is 2. The number of benzene rings is 2. The van der Waals surface area contributed by atoms with Crippen molar-refractivity contribution in [1.82, 2.24) is 4.90 Å². The van der Waals surface area contributed by atoms with E-state index >= 15 is 0 Å². The number of halogens is 1. The molecule has 2 amide bonds. The third kappa shape index (κ3) is 2.84. The lowest BCUT2D eigenvalue weighted by molar-refractivity contribution is -0.134. The molecule has 3 aliphatic rings. The van der Waals surface area contributed by atoms with Crippen LogP contribution in [0.5, 0.6) is 5.75 Å². The summed E-state index contributed by atoms with van der Waals surface area (Å²) < 4.78 is 19.9. The number of nitrogens with zero attached hydrogens (tertiary/aromatic N) is 1. The number of likely N-dealkylation sites (tertiary alicyclic amines) is 1. The molecule has 2 unspecified atom stereocenters. The Hall–Kier alpha value is -2.89. The molecule has 3 aliphatic heterocycles. The fourth-order valence-electron chi connectivity index (χ4n) is 4.65. The van der Waals surface area contributed by atoms with Gasteiger partial charge in [0.2, 0.25) is 11.8 Å². The Morgan fingerprint density at radius 3 is 2.96 bits per heavy atom.